The Morgan fingerprint density at radius 3 is 2.36 bits per heavy atom. The lowest BCUT2D eigenvalue weighted by molar-refractivity contribution is -0.432. The minimum absolute atomic E-state index is 0.0268. The van der Waals surface area contributed by atoms with Gasteiger partial charge in [0.05, 0.1) is 34.0 Å². The van der Waals surface area contributed by atoms with Gasteiger partial charge in [-0.05, 0) is 89.3 Å². The molecule has 0 spiro atoms. The van der Waals surface area contributed by atoms with E-state index in [-0.39, 0.29) is 34.1 Å². The highest BCUT2D eigenvalue weighted by Crippen LogP contribution is 2.36. The van der Waals surface area contributed by atoms with Crippen LogP contribution in [0.1, 0.15) is 18.4 Å². The van der Waals surface area contributed by atoms with Gasteiger partial charge in [-0.25, -0.2) is 22.9 Å². The van der Waals surface area contributed by atoms with Crippen molar-refractivity contribution >= 4 is 54.7 Å². The zero-order valence-corrected chi connectivity index (χ0v) is 26.8. The van der Waals surface area contributed by atoms with Gasteiger partial charge in [0.2, 0.25) is 10.0 Å². The predicted molar refractivity (Wildman–Crippen MR) is 169 cm³/mol. The lowest BCUT2D eigenvalue weighted by atomic mass is 9.99. The van der Waals surface area contributed by atoms with Gasteiger partial charge in [0.15, 0.2) is 0 Å². The molecule has 248 valence electrons. The van der Waals surface area contributed by atoms with E-state index in [4.69, 9.17) is 9.99 Å². The summed E-state index contributed by atoms with van der Waals surface area (Å²) in [5, 5.41) is 18.3. The molecule has 4 aromatic carbocycles. The summed E-state index contributed by atoms with van der Waals surface area (Å²) in [6.07, 6.45) is 1.53. The Morgan fingerprint density at radius 1 is 0.957 bits per heavy atom. The summed E-state index contributed by atoms with van der Waals surface area (Å²) in [6.45, 7) is 0.666. The molecule has 0 aromatic heterocycles. The summed E-state index contributed by atoms with van der Waals surface area (Å²) in [6, 6.07) is 16.6. The van der Waals surface area contributed by atoms with Gasteiger partial charge in [-0.2, -0.15) is 12.7 Å². The van der Waals surface area contributed by atoms with Gasteiger partial charge in [-0.1, -0.05) is 23.2 Å². The van der Waals surface area contributed by atoms with Crippen molar-refractivity contribution in [3.63, 3.8) is 0 Å². The molecule has 0 radical (unpaired) electrons. The van der Waals surface area contributed by atoms with E-state index in [1.807, 2.05) is 0 Å². The highest BCUT2D eigenvalue weighted by molar-refractivity contribution is 7.94. The Labute approximate surface area is 273 Å². The fourth-order valence-corrected chi connectivity index (χ4v) is 8.29. The van der Waals surface area contributed by atoms with Gasteiger partial charge < -0.3 is 15.4 Å². The predicted octanol–water partition coefficient (Wildman–Crippen LogP) is 5.19. The zero-order valence-electron chi connectivity index (χ0n) is 24.3. The molecule has 2 unspecified atom stereocenters. The molecule has 4 aromatic rings. The van der Waals surface area contributed by atoms with E-state index in [1.165, 1.54) is 52.8 Å². The Morgan fingerprint density at radius 2 is 1.68 bits per heavy atom. The number of hydrogen-bond acceptors (Lipinski definition) is 10. The Hall–Kier alpha value is -3.65. The average Bonchev–Trinajstić information content (AvgIpc) is 3.39. The maximum atomic E-state index is 15.0. The number of morpholine rings is 1. The van der Waals surface area contributed by atoms with Crippen molar-refractivity contribution in [3.05, 3.63) is 84.2 Å². The van der Waals surface area contributed by atoms with E-state index >= 15 is 0 Å². The quantitative estimate of drug-likeness (QED) is 0.0738. The fraction of sp³-hybridized carbons (Fsp3) is 0.233. The number of ether oxygens (including phenoxy) is 1. The highest BCUT2D eigenvalue weighted by atomic mass is 32.2. The van der Waals surface area contributed by atoms with Gasteiger partial charge in [-0.15, -0.1) is 4.33 Å². The molecular formula is C30H28FN3O10S3. The Kier molecular flexibility index (Phi) is 9.52. The van der Waals surface area contributed by atoms with Crippen LogP contribution in [0, 0.1) is 5.82 Å². The number of benzene rings is 4. The van der Waals surface area contributed by atoms with Gasteiger partial charge in [0, 0.05) is 35.8 Å². The normalized spacial score (nSPS) is 18.4. The minimum Gasteiger partial charge on any atom is -0.372 e. The van der Waals surface area contributed by atoms with Crippen molar-refractivity contribution in [2.24, 2.45) is 0 Å². The number of carbonyl (C=O) groups excluding carboxylic acids is 1. The van der Waals surface area contributed by atoms with Gasteiger partial charge >= 0.3 is 6.03 Å². The molecule has 2 heterocycles. The second kappa shape index (κ2) is 13.5. The summed E-state index contributed by atoms with van der Waals surface area (Å²) in [7, 11) is -8.26. The first-order valence-electron chi connectivity index (χ1n) is 14.2. The van der Waals surface area contributed by atoms with Crippen LogP contribution < -0.4 is 10.6 Å². The summed E-state index contributed by atoms with van der Waals surface area (Å²) in [4.78, 5) is 12.5. The second-order valence-electron chi connectivity index (χ2n) is 11.0. The van der Waals surface area contributed by atoms with Gasteiger partial charge in [-0.3, -0.25) is 4.55 Å². The first-order valence-corrected chi connectivity index (χ1v) is 17.8. The Balaban J connectivity index is 1.13. The standard InChI is InChI=1S/C30H28FN3O10S3/c31-28-10-1-18(11-26(28)20-3-2-19-12-25(47(39,40)41)14-29(27(19)13-20)45-44-43-36)15-32-30(35)33-21-4-8-24(9-5-21)46(37,38)34-16-22-6-7-23(17-34)42-22/h1-5,8-14,22-23,36H,6-7,15-17H2,(H2,32,33,35)(H,39,40,41). The number of nitrogens with one attached hydrogen (secondary N) is 2. The number of amides is 2. The molecule has 2 saturated heterocycles. The molecule has 4 N–H and O–H groups in total. The van der Waals surface area contributed by atoms with Crippen LogP contribution in [-0.4, -0.2) is 62.3 Å². The summed E-state index contributed by atoms with van der Waals surface area (Å²) >= 11 is 0.482. The smallest absolute Gasteiger partial charge is 0.319 e. The molecule has 47 heavy (non-hydrogen) atoms. The topological polar surface area (TPSA) is 181 Å². The lowest BCUT2D eigenvalue weighted by Crippen LogP contribution is -2.45. The van der Waals surface area contributed by atoms with Crippen LogP contribution in [0.4, 0.5) is 14.9 Å². The van der Waals surface area contributed by atoms with E-state index in [2.05, 4.69) is 20.0 Å². The molecule has 2 aliphatic heterocycles. The van der Waals surface area contributed by atoms with Crippen LogP contribution in [-0.2, 0) is 40.8 Å². The number of halogens is 1. The van der Waals surface area contributed by atoms with Crippen molar-refractivity contribution in [2.75, 3.05) is 18.4 Å². The third-order valence-corrected chi connectivity index (χ3v) is 11.2. The molecule has 2 aliphatic rings. The fourth-order valence-electron chi connectivity index (χ4n) is 5.63. The lowest BCUT2D eigenvalue weighted by Gasteiger charge is -2.31. The average molecular weight is 706 g/mol. The second-order valence-corrected chi connectivity index (χ2v) is 15.1. The number of fused-ring (bicyclic) bond motifs is 3. The highest BCUT2D eigenvalue weighted by Gasteiger charge is 2.39. The molecular weight excluding hydrogens is 678 g/mol. The largest absolute Gasteiger partial charge is 0.372 e. The molecule has 13 nitrogen and oxygen atoms in total. The van der Waals surface area contributed by atoms with E-state index in [0.717, 1.165) is 18.9 Å². The SMILES string of the molecule is O=C(NCc1ccc(F)c(-c2ccc3cc(S(=O)(=O)O)cc(SOOO)c3c2)c1)Nc1ccc(S(=O)(=O)N2CC3CCC(C2)O3)cc1. The van der Waals surface area contributed by atoms with Crippen molar-refractivity contribution in [1.29, 1.82) is 0 Å². The molecule has 17 heteroatoms. The van der Waals surface area contributed by atoms with Crippen LogP contribution in [0.3, 0.4) is 0 Å². The van der Waals surface area contributed by atoms with Crippen molar-refractivity contribution in [3.8, 4) is 11.1 Å². The third kappa shape index (κ3) is 7.43. The molecule has 2 bridgehead atoms. The van der Waals surface area contributed by atoms with Crippen molar-refractivity contribution in [2.45, 2.75) is 46.3 Å². The number of rotatable bonds is 10. The maximum Gasteiger partial charge on any atom is 0.319 e. The van der Waals surface area contributed by atoms with E-state index < -0.39 is 36.9 Å². The van der Waals surface area contributed by atoms with Crippen LogP contribution >= 0.6 is 12.0 Å². The summed E-state index contributed by atoms with van der Waals surface area (Å²) < 4.78 is 85.8. The van der Waals surface area contributed by atoms with E-state index in [0.29, 0.717) is 52.7 Å². The number of carbonyl (C=O) groups is 1. The van der Waals surface area contributed by atoms with Crippen LogP contribution in [0.25, 0.3) is 21.9 Å². The zero-order chi connectivity index (χ0) is 33.3. The van der Waals surface area contributed by atoms with Gasteiger partial charge in [0.25, 0.3) is 10.1 Å². The number of urea groups is 1. The minimum atomic E-state index is -4.57. The van der Waals surface area contributed by atoms with E-state index in [9.17, 15) is 30.6 Å². The molecule has 2 fully saturated rings. The number of anilines is 1. The molecule has 0 saturated carbocycles. The first kappa shape index (κ1) is 33.3. The van der Waals surface area contributed by atoms with Crippen LogP contribution in [0.5, 0.6) is 0 Å². The molecule has 2 amide bonds. The number of nitrogens with zero attached hydrogens (tertiary/aromatic N) is 1. The van der Waals surface area contributed by atoms with Crippen LogP contribution in [0.15, 0.2) is 87.5 Å². The maximum absolute atomic E-state index is 15.0. The molecule has 2 atom stereocenters. The number of hydrogen-bond donors (Lipinski definition) is 4. The van der Waals surface area contributed by atoms with Crippen molar-refractivity contribution in [1.82, 2.24) is 9.62 Å². The summed E-state index contributed by atoms with van der Waals surface area (Å²) in [5.41, 5.74) is 1.53. The van der Waals surface area contributed by atoms with Crippen molar-refractivity contribution < 1.29 is 49.9 Å². The molecule has 6 rings (SSSR count). The van der Waals surface area contributed by atoms with Gasteiger partial charge in [0.1, 0.15) is 5.82 Å². The van der Waals surface area contributed by atoms with E-state index in [1.54, 1.807) is 18.2 Å². The third-order valence-electron chi connectivity index (χ3n) is 7.90. The first-order chi connectivity index (χ1) is 22.4. The summed E-state index contributed by atoms with van der Waals surface area (Å²) in [5.74, 6) is -0.559. The van der Waals surface area contributed by atoms with Crippen LogP contribution in [0.2, 0.25) is 0 Å². The number of sulfonamides is 1. The Bertz CT molecular complexity index is 2030. The molecule has 0 aliphatic carbocycles. The monoisotopic (exact) mass is 705 g/mol.